The van der Waals surface area contributed by atoms with Gasteiger partial charge in [-0.2, -0.15) is 8.78 Å². The molecule has 0 saturated carbocycles. The second-order valence-corrected chi connectivity index (χ2v) is 12.0. The predicted octanol–water partition coefficient (Wildman–Crippen LogP) is 5.28. The molecule has 2 aromatic carbocycles. The first-order valence-corrected chi connectivity index (χ1v) is 15.7. The van der Waals surface area contributed by atoms with Crippen LogP contribution < -0.4 is 14.2 Å². The molecule has 4 atom stereocenters. The van der Waals surface area contributed by atoms with E-state index in [9.17, 15) is 18.4 Å². The summed E-state index contributed by atoms with van der Waals surface area (Å²) in [6.07, 6.45) is 2.87. The largest absolute Gasteiger partial charge is 0.493 e. The molecule has 2 aliphatic rings. The van der Waals surface area contributed by atoms with Crippen LogP contribution in [0.25, 0.3) is 0 Å². The number of nitrogens with zero attached hydrogens (tertiary/aromatic N) is 2. The number of halogens is 2. The molecule has 0 aliphatic carbocycles. The van der Waals surface area contributed by atoms with Crippen LogP contribution in [-0.4, -0.2) is 94.5 Å². The van der Waals surface area contributed by atoms with E-state index in [4.69, 9.17) is 23.7 Å². The summed E-state index contributed by atoms with van der Waals surface area (Å²) >= 11 is 0. The number of carbonyl (C=O) groups is 2. The number of ether oxygens (including phenoxy) is 5. The van der Waals surface area contributed by atoms with Gasteiger partial charge in [0.25, 0.3) is 5.66 Å². The van der Waals surface area contributed by atoms with Gasteiger partial charge in [-0.15, -0.1) is 0 Å². The zero-order valence-corrected chi connectivity index (χ0v) is 26.9. The minimum atomic E-state index is -3.16. The number of hydrogen-bond donors (Lipinski definition) is 0. The van der Waals surface area contributed by atoms with Crippen LogP contribution in [0.15, 0.2) is 30.3 Å². The Kier molecular flexibility index (Phi) is 12.2. The van der Waals surface area contributed by atoms with E-state index >= 15 is 0 Å². The third-order valence-corrected chi connectivity index (χ3v) is 8.21. The molecule has 0 aromatic heterocycles. The van der Waals surface area contributed by atoms with Gasteiger partial charge in [-0.1, -0.05) is 9.24 Å². The summed E-state index contributed by atoms with van der Waals surface area (Å²) in [5, 5.41) is 0. The van der Waals surface area contributed by atoms with Crippen molar-refractivity contribution in [3.05, 3.63) is 52.6 Å². The van der Waals surface area contributed by atoms with E-state index in [1.54, 1.807) is 25.1 Å². The van der Waals surface area contributed by atoms with E-state index < -0.39 is 23.7 Å². The molecule has 4 bridgehead atoms. The average Bonchev–Trinajstić information content (AvgIpc) is 3.23. The number of aryl methyl sites for hydroxylation is 1. The standard InChI is InChI=1S/C32H43F2N2O7P/c1-22-17-23(19-25(18-22)32(33,34)44)31(38)43-26-7-4-15-41-28-21-24(20-27(39-2)29(28)40-3)30(37)42-16-6-11-35-9-5-10-36(12-8-26)14-13-35/h17-21,26H,4-16,44H2,1-3H3. The van der Waals surface area contributed by atoms with Gasteiger partial charge in [-0.25, -0.2) is 9.59 Å². The molecular formula is C32H43F2N2O7P. The number of benzene rings is 2. The Morgan fingerprint density at radius 2 is 1.59 bits per heavy atom. The average molecular weight is 637 g/mol. The summed E-state index contributed by atoms with van der Waals surface area (Å²) in [5.41, 5.74) is -2.47. The van der Waals surface area contributed by atoms with Crippen molar-refractivity contribution in [1.29, 1.82) is 0 Å². The third-order valence-electron chi connectivity index (χ3n) is 7.88. The van der Waals surface area contributed by atoms with Gasteiger partial charge in [0.2, 0.25) is 5.75 Å². The summed E-state index contributed by atoms with van der Waals surface area (Å²) in [6.45, 7) is 7.42. The molecule has 0 amide bonds. The van der Waals surface area contributed by atoms with Crippen LogP contribution in [0.4, 0.5) is 8.78 Å². The van der Waals surface area contributed by atoms with Crippen molar-refractivity contribution >= 4 is 21.2 Å². The molecule has 2 aromatic rings. The molecule has 2 aliphatic heterocycles. The predicted molar refractivity (Wildman–Crippen MR) is 165 cm³/mol. The second-order valence-electron chi connectivity index (χ2n) is 11.3. The molecule has 4 rings (SSSR count). The molecule has 0 spiro atoms. The maximum absolute atomic E-state index is 14.0. The van der Waals surface area contributed by atoms with Crippen molar-refractivity contribution in [3.8, 4) is 17.2 Å². The van der Waals surface area contributed by atoms with Crippen LogP contribution in [-0.2, 0) is 15.1 Å². The summed E-state index contributed by atoms with van der Waals surface area (Å²) in [6, 6.07) is 7.26. The van der Waals surface area contributed by atoms with Crippen molar-refractivity contribution < 1.29 is 42.1 Å². The highest BCUT2D eigenvalue weighted by Gasteiger charge is 2.27. The van der Waals surface area contributed by atoms with Crippen LogP contribution in [0.1, 0.15) is 63.9 Å². The van der Waals surface area contributed by atoms with Crippen LogP contribution in [0, 0.1) is 6.92 Å². The highest BCUT2D eigenvalue weighted by molar-refractivity contribution is 7.17. The van der Waals surface area contributed by atoms with Gasteiger partial charge < -0.3 is 33.5 Å². The Hall–Kier alpha value is -3.01. The number of methoxy groups -OCH3 is 2. The molecule has 4 unspecified atom stereocenters. The first kappa shape index (κ1) is 33.9. The molecule has 242 valence electrons. The fourth-order valence-corrected chi connectivity index (χ4v) is 5.72. The molecule has 9 nitrogen and oxygen atoms in total. The highest BCUT2D eigenvalue weighted by atomic mass is 31.0. The van der Waals surface area contributed by atoms with Crippen LogP contribution in [0.2, 0.25) is 0 Å². The molecule has 2 heterocycles. The molecule has 0 N–H and O–H groups in total. The van der Waals surface area contributed by atoms with Crippen molar-refractivity contribution in [2.24, 2.45) is 0 Å². The molecular weight excluding hydrogens is 593 g/mol. The van der Waals surface area contributed by atoms with Gasteiger partial charge in [0.15, 0.2) is 11.5 Å². The summed E-state index contributed by atoms with van der Waals surface area (Å²) < 4.78 is 56.6. The first-order chi connectivity index (χ1) is 21.1. The minimum Gasteiger partial charge on any atom is -0.493 e. The van der Waals surface area contributed by atoms with Crippen molar-refractivity contribution in [1.82, 2.24) is 9.80 Å². The van der Waals surface area contributed by atoms with E-state index in [0.717, 1.165) is 45.7 Å². The van der Waals surface area contributed by atoms with Crippen molar-refractivity contribution in [2.75, 3.05) is 66.7 Å². The van der Waals surface area contributed by atoms with Gasteiger partial charge in [-0.3, -0.25) is 0 Å². The number of hydrogen-bond acceptors (Lipinski definition) is 9. The molecule has 1 saturated heterocycles. The fourth-order valence-electron chi connectivity index (χ4n) is 5.56. The molecule has 12 heteroatoms. The van der Waals surface area contributed by atoms with E-state index in [0.29, 0.717) is 60.7 Å². The Bertz CT molecular complexity index is 1290. The van der Waals surface area contributed by atoms with Crippen molar-refractivity contribution in [3.63, 3.8) is 0 Å². The van der Waals surface area contributed by atoms with Gasteiger partial charge >= 0.3 is 11.9 Å². The lowest BCUT2D eigenvalue weighted by molar-refractivity contribution is 0.0221. The maximum Gasteiger partial charge on any atom is 0.338 e. The minimum absolute atomic E-state index is 0.0971. The van der Waals surface area contributed by atoms with Gasteiger partial charge in [-0.05, 0) is 88.0 Å². The quantitative estimate of drug-likeness (QED) is 0.322. The van der Waals surface area contributed by atoms with E-state index in [1.165, 1.54) is 35.6 Å². The van der Waals surface area contributed by atoms with Crippen LogP contribution in [0.3, 0.4) is 0 Å². The monoisotopic (exact) mass is 636 g/mol. The maximum atomic E-state index is 14.0. The number of alkyl halides is 2. The smallest absolute Gasteiger partial charge is 0.338 e. The second kappa shape index (κ2) is 15.8. The first-order valence-electron chi connectivity index (χ1n) is 15.1. The van der Waals surface area contributed by atoms with Gasteiger partial charge in [0, 0.05) is 31.7 Å². The van der Waals surface area contributed by atoms with Gasteiger partial charge in [0.1, 0.15) is 6.10 Å². The van der Waals surface area contributed by atoms with Crippen molar-refractivity contribution in [2.45, 2.75) is 50.8 Å². The number of rotatable bonds is 5. The lowest BCUT2D eigenvalue weighted by Crippen LogP contribution is -2.34. The lowest BCUT2D eigenvalue weighted by Gasteiger charge is -2.25. The fraction of sp³-hybridized carbons (Fsp3) is 0.562. The third kappa shape index (κ3) is 9.49. The Balaban J connectivity index is 1.54. The van der Waals surface area contributed by atoms with Crippen LogP contribution in [0.5, 0.6) is 17.2 Å². The highest BCUT2D eigenvalue weighted by Crippen LogP contribution is 2.39. The number of esters is 2. The molecule has 44 heavy (non-hydrogen) atoms. The lowest BCUT2D eigenvalue weighted by atomic mass is 10.1. The summed E-state index contributed by atoms with van der Waals surface area (Å²) in [5.74, 6) is -0.0681. The normalized spacial score (nSPS) is 22.3. The van der Waals surface area contributed by atoms with E-state index in [2.05, 4.69) is 9.80 Å². The topological polar surface area (TPSA) is 86.8 Å². The summed E-state index contributed by atoms with van der Waals surface area (Å²) in [4.78, 5) is 30.8. The van der Waals surface area contributed by atoms with E-state index in [1.807, 2.05) is 0 Å². The Morgan fingerprint density at radius 1 is 0.886 bits per heavy atom. The SMILES string of the molecule is COc1cc2cc(c1OC)OCCCC(OC(=O)c1cc(C)cc(C(F)(F)P)c1)CCN1CCCN(CCCOC2=O)CC1. The summed E-state index contributed by atoms with van der Waals surface area (Å²) in [7, 11) is 4.49. The number of fused-ring (bicyclic) bond motifs is 5. The molecule has 1 fully saturated rings. The number of carbonyl (C=O) groups excluding carboxylic acids is 2. The Labute approximate surface area is 260 Å². The number of cyclic esters (lactones) is 1. The van der Waals surface area contributed by atoms with E-state index in [-0.39, 0.29) is 17.7 Å². The zero-order chi connectivity index (χ0) is 31.7. The van der Waals surface area contributed by atoms with Crippen LogP contribution >= 0.6 is 9.24 Å². The zero-order valence-electron chi connectivity index (χ0n) is 25.7. The van der Waals surface area contributed by atoms with Gasteiger partial charge in [0.05, 0.1) is 38.6 Å². The molecule has 0 radical (unpaired) electrons. The Morgan fingerprint density at radius 3 is 2.30 bits per heavy atom.